The van der Waals surface area contributed by atoms with E-state index in [0.717, 1.165) is 30.1 Å². The van der Waals surface area contributed by atoms with Crippen molar-refractivity contribution in [3.8, 4) is 11.5 Å². The highest BCUT2D eigenvalue weighted by Gasteiger charge is 2.34. The first kappa shape index (κ1) is 19.8. The molecule has 2 atom stereocenters. The summed E-state index contributed by atoms with van der Waals surface area (Å²) in [5.74, 6) is 2.53. The summed E-state index contributed by atoms with van der Waals surface area (Å²) in [4.78, 5) is 1.24. The first-order chi connectivity index (χ1) is 13.2. The van der Waals surface area contributed by atoms with E-state index in [1.165, 1.54) is 16.0 Å². The molecule has 2 aromatic carbocycles. The molecule has 3 nitrogen and oxygen atoms in total. The van der Waals surface area contributed by atoms with Crippen LogP contribution in [-0.2, 0) is 0 Å². The van der Waals surface area contributed by atoms with Crippen LogP contribution < -0.4 is 14.8 Å². The van der Waals surface area contributed by atoms with Crippen molar-refractivity contribution in [1.82, 2.24) is 5.32 Å². The van der Waals surface area contributed by atoms with Gasteiger partial charge in [0, 0.05) is 16.2 Å². The first-order valence-electron chi connectivity index (χ1n) is 9.55. The normalized spacial score (nSPS) is 22.3. The summed E-state index contributed by atoms with van der Waals surface area (Å²) < 4.78 is 11.1. The van der Waals surface area contributed by atoms with Gasteiger partial charge in [-0.25, -0.2) is 0 Å². The average molecular weight is 384 g/mol. The number of nitrogens with one attached hydrogen (secondary N) is 1. The van der Waals surface area contributed by atoms with E-state index in [-0.39, 0.29) is 11.6 Å². The topological polar surface area (TPSA) is 30.5 Å². The van der Waals surface area contributed by atoms with Gasteiger partial charge in [0.2, 0.25) is 0 Å². The standard InChI is InChI=1S/C23H29NO2S/c1-5-7-13-23(6-2)16-27-21-15-20(26-4)19(25-3)14-18(21)22(24-23)17-11-9-8-10-12-17/h7-15,22,24H,5-6,16H2,1-4H3/t22-,23+/m0/s1. The van der Waals surface area contributed by atoms with Crippen molar-refractivity contribution in [2.24, 2.45) is 0 Å². The molecular weight excluding hydrogens is 354 g/mol. The molecule has 1 N–H and O–H groups in total. The van der Waals surface area contributed by atoms with Gasteiger partial charge in [-0.15, -0.1) is 11.8 Å². The third-order valence-corrected chi connectivity index (χ3v) is 6.50. The number of ether oxygens (including phenoxy) is 2. The fourth-order valence-electron chi connectivity index (χ4n) is 3.51. The lowest BCUT2D eigenvalue weighted by molar-refractivity contribution is 0.351. The van der Waals surface area contributed by atoms with Crippen LogP contribution in [0.15, 0.2) is 59.5 Å². The van der Waals surface area contributed by atoms with Crippen molar-refractivity contribution < 1.29 is 9.47 Å². The zero-order chi connectivity index (χ0) is 19.3. The maximum atomic E-state index is 5.59. The molecule has 0 saturated carbocycles. The third kappa shape index (κ3) is 4.17. The summed E-state index contributed by atoms with van der Waals surface area (Å²) in [6.07, 6.45) is 6.70. The molecule has 1 aliphatic heterocycles. The van der Waals surface area contributed by atoms with Crippen molar-refractivity contribution in [3.05, 3.63) is 65.7 Å². The molecule has 0 saturated heterocycles. The molecule has 3 rings (SSSR count). The van der Waals surface area contributed by atoms with Crippen molar-refractivity contribution >= 4 is 11.8 Å². The third-order valence-electron chi connectivity index (χ3n) is 5.18. The van der Waals surface area contributed by atoms with Gasteiger partial charge in [-0.05, 0) is 36.1 Å². The summed E-state index contributed by atoms with van der Waals surface area (Å²) in [7, 11) is 3.39. The fourth-order valence-corrected chi connectivity index (χ4v) is 4.84. The lowest BCUT2D eigenvalue weighted by atomic mass is 9.91. The minimum absolute atomic E-state index is 0.0549. The Labute approximate surface area is 167 Å². The largest absolute Gasteiger partial charge is 0.493 e. The highest BCUT2D eigenvalue weighted by Crippen LogP contribution is 2.44. The van der Waals surface area contributed by atoms with Crippen LogP contribution in [0.4, 0.5) is 0 Å². The number of hydrogen-bond donors (Lipinski definition) is 1. The summed E-state index contributed by atoms with van der Waals surface area (Å²) >= 11 is 1.89. The van der Waals surface area contributed by atoms with Gasteiger partial charge in [-0.1, -0.05) is 56.3 Å². The van der Waals surface area contributed by atoms with Gasteiger partial charge < -0.3 is 9.47 Å². The van der Waals surface area contributed by atoms with Crippen molar-refractivity contribution in [2.45, 2.75) is 43.2 Å². The van der Waals surface area contributed by atoms with Crippen LogP contribution in [0.5, 0.6) is 11.5 Å². The van der Waals surface area contributed by atoms with Crippen LogP contribution in [0, 0.1) is 0 Å². The van der Waals surface area contributed by atoms with Crippen molar-refractivity contribution in [2.75, 3.05) is 20.0 Å². The zero-order valence-electron chi connectivity index (χ0n) is 16.6. The van der Waals surface area contributed by atoms with E-state index in [9.17, 15) is 0 Å². The van der Waals surface area contributed by atoms with Gasteiger partial charge in [0.25, 0.3) is 0 Å². The second-order valence-electron chi connectivity index (χ2n) is 6.84. The molecule has 0 aromatic heterocycles. The Bertz CT molecular complexity index is 790. The van der Waals surface area contributed by atoms with Crippen LogP contribution in [-0.4, -0.2) is 25.5 Å². The van der Waals surface area contributed by atoms with Crippen molar-refractivity contribution in [1.29, 1.82) is 0 Å². The van der Waals surface area contributed by atoms with E-state index in [4.69, 9.17) is 9.47 Å². The van der Waals surface area contributed by atoms with Crippen LogP contribution in [0.1, 0.15) is 43.9 Å². The maximum absolute atomic E-state index is 5.59. The zero-order valence-corrected chi connectivity index (χ0v) is 17.4. The summed E-state index contributed by atoms with van der Waals surface area (Å²) in [6, 6.07) is 15.0. The number of allylic oxidation sites excluding steroid dienone is 1. The van der Waals surface area contributed by atoms with Gasteiger partial charge in [-0.2, -0.15) is 0 Å². The Morgan fingerprint density at radius 2 is 1.81 bits per heavy atom. The molecule has 144 valence electrons. The van der Waals surface area contributed by atoms with Gasteiger partial charge in [0.15, 0.2) is 11.5 Å². The van der Waals surface area contributed by atoms with E-state index < -0.39 is 0 Å². The number of methoxy groups -OCH3 is 2. The molecule has 0 aliphatic carbocycles. The minimum Gasteiger partial charge on any atom is -0.493 e. The van der Waals surface area contributed by atoms with Crippen LogP contribution in [0.25, 0.3) is 0 Å². The van der Waals surface area contributed by atoms with Gasteiger partial charge in [-0.3, -0.25) is 5.32 Å². The van der Waals surface area contributed by atoms with Crippen LogP contribution >= 0.6 is 11.8 Å². The molecule has 0 amide bonds. The Morgan fingerprint density at radius 3 is 2.44 bits per heavy atom. The van der Waals surface area contributed by atoms with E-state index in [0.29, 0.717) is 0 Å². The number of thioether (sulfide) groups is 1. The fraction of sp³-hybridized carbons (Fsp3) is 0.391. The van der Waals surface area contributed by atoms with E-state index in [2.05, 4.69) is 73.8 Å². The number of rotatable bonds is 6. The molecule has 0 unspecified atom stereocenters. The lowest BCUT2D eigenvalue weighted by Crippen LogP contribution is -2.46. The Morgan fingerprint density at radius 1 is 1.11 bits per heavy atom. The van der Waals surface area contributed by atoms with E-state index >= 15 is 0 Å². The molecule has 0 bridgehead atoms. The van der Waals surface area contributed by atoms with Gasteiger partial charge >= 0.3 is 0 Å². The molecule has 0 spiro atoms. The molecule has 0 radical (unpaired) electrons. The van der Waals surface area contributed by atoms with E-state index in [1.807, 2.05) is 11.8 Å². The maximum Gasteiger partial charge on any atom is 0.161 e. The SMILES string of the molecule is CCC=C[C@]1(CC)CSc2cc(OC)c(OC)cc2[C@H](c2ccccc2)N1. The lowest BCUT2D eigenvalue weighted by Gasteiger charge is -2.33. The predicted octanol–water partition coefficient (Wildman–Crippen LogP) is 5.60. The number of benzene rings is 2. The summed E-state index contributed by atoms with van der Waals surface area (Å²) in [5.41, 5.74) is 2.45. The smallest absolute Gasteiger partial charge is 0.161 e. The first-order valence-corrected chi connectivity index (χ1v) is 10.5. The minimum atomic E-state index is -0.0549. The molecular formula is C23H29NO2S. The highest BCUT2D eigenvalue weighted by atomic mass is 32.2. The molecule has 0 fully saturated rings. The highest BCUT2D eigenvalue weighted by molar-refractivity contribution is 7.99. The van der Waals surface area contributed by atoms with Crippen LogP contribution in [0.2, 0.25) is 0 Å². The molecule has 1 aliphatic rings. The van der Waals surface area contributed by atoms with Gasteiger partial charge in [0.05, 0.1) is 20.3 Å². The molecule has 4 heteroatoms. The Balaban J connectivity index is 2.15. The van der Waals surface area contributed by atoms with Crippen LogP contribution in [0.3, 0.4) is 0 Å². The second kappa shape index (κ2) is 8.85. The molecule has 2 aromatic rings. The van der Waals surface area contributed by atoms with E-state index in [1.54, 1.807) is 14.2 Å². The summed E-state index contributed by atoms with van der Waals surface area (Å²) in [6.45, 7) is 4.44. The number of fused-ring (bicyclic) bond motifs is 1. The summed E-state index contributed by atoms with van der Waals surface area (Å²) in [5, 5.41) is 3.97. The molecule has 27 heavy (non-hydrogen) atoms. The average Bonchev–Trinajstić information content (AvgIpc) is 2.89. The predicted molar refractivity (Wildman–Crippen MR) is 114 cm³/mol. The number of hydrogen-bond acceptors (Lipinski definition) is 4. The quantitative estimate of drug-likeness (QED) is 0.658. The monoisotopic (exact) mass is 383 g/mol. The van der Waals surface area contributed by atoms with Crippen molar-refractivity contribution in [3.63, 3.8) is 0 Å². The second-order valence-corrected chi connectivity index (χ2v) is 7.86. The Hall–Kier alpha value is -1.91. The van der Waals surface area contributed by atoms with Gasteiger partial charge in [0.1, 0.15) is 0 Å². The Kier molecular flexibility index (Phi) is 6.51. The molecule has 1 heterocycles.